The number of aldehydes is 1. The second-order valence-electron chi connectivity index (χ2n) is 8.66. The van der Waals surface area contributed by atoms with Gasteiger partial charge in [-0.05, 0) is 47.1 Å². The second kappa shape index (κ2) is 8.95. The molecule has 1 saturated heterocycles. The molecule has 0 radical (unpaired) electrons. The smallest absolute Gasteiger partial charge is 0.491 e. The lowest BCUT2D eigenvalue weighted by atomic mass is 9.75. The van der Waals surface area contributed by atoms with Crippen LogP contribution in [0.3, 0.4) is 0 Å². The molecule has 28 heavy (non-hydrogen) atoms. The van der Waals surface area contributed by atoms with Gasteiger partial charge in [-0.25, -0.2) is 0 Å². The van der Waals surface area contributed by atoms with Crippen molar-refractivity contribution in [2.75, 3.05) is 19.8 Å². The standard InChI is InChI=1S/C21H33BO6/c1-7-8-12-25-14-21(6,24)15-26-17-11-9-10-16(13-23)18(17)22-27-19(2,3)20(4,5)28-22/h9-11,13,24H,7-8,12,14-15H2,1-6H3. The van der Waals surface area contributed by atoms with Gasteiger partial charge in [0.1, 0.15) is 24.2 Å². The van der Waals surface area contributed by atoms with Gasteiger partial charge in [0.15, 0.2) is 0 Å². The number of hydrogen-bond acceptors (Lipinski definition) is 6. The fourth-order valence-electron chi connectivity index (χ4n) is 2.82. The maximum atomic E-state index is 11.6. The van der Waals surface area contributed by atoms with Gasteiger partial charge in [-0.2, -0.15) is 0 Å². The Balaban J connectivity index is 2.17. The Labute approximate surface area is 168 Å². The van der Waals surface area contributed by atoms with E-state index in [-0.39, 0.29) is 13.2 Å². The molecule has 7 heteroatoms. The van der Waals surface area contributed by atoms with Gasteiger partial charge in [0.25, 0.3) is 0 Å². The summed E-state index contributed by atoms with van der Waals surface area (Å²) in [6.45, 7) is 12.4. The van der Waals surface area contributed by atoms with Crippen molar-refractivity contribution in [3.63, 3.8) is 0 Å². The van der Waals surface area contributed by atoms with Crippen molar-refractivity contribution in [2.45, 2.75) is 71.2 Å². The van der Waals surface area contributed by atoms with Crippen LogP contribution in [0.15, 0.2) is 18.2 Å². The first-order valence-corrected chi connectivity index (χ1v) is 9.89. The summed E-state index contributed by atoms with van der Waals surface area (Å²) in [5.41, 5.74) is -1.25. The van der Waals surface area contributed by atoms with E-state index in [1.807, 2.05) is 27.7 Å². The minimum Gasteiger partial charge on any atom is -0.491 e. The summed E-state index contributed by atoms with van der Waals surface area (Å²) in [6.07, 6.45) is 2.75. The van der Waals surface area contributed by atoms with Crippen molar-refractivity contribution in [1.82, 2.24) is 0 Å². The number of carbonyl (C=O) groups excluding carboxylic acids is 1. The monoisotopic (exact) mass is 392 g/mol. The molecule has 1 aromatic rings. The highest BCUT2D eigenvalue weighted by Crippen LogP contribution is 2.37. The predicted octanol–water partition coefficient (Wildman–Crippen LogP) is 2.74. The lowest BCUT2D eigenvalue weighted by Gasteiger charge is -2.32. The van der Waals surface area contributed by atoms with E-state index in [0.717, 1.165) is 19.1 Å². The fourth-order valence-corrected chi connectivity index (χ4v) is 2.82. The van der Waals surface area contributed by atoms with Gasteiger partial charge in [-0.15, -0.1) is 0 Å². The molecular weight excluding hydrogens is 359 g/mol. The molecule has 1 aliphatic rings. The zero-order chi connectivity index (χ0) is 21.0. The Hall–Kier alpha value is -1.41. The topological polar surface area (TPSA) is 74.2 Å². The van der Waals surface area contributed by atoms with E-state index < -0.39 is 23.9 Å². The molecule has 2 rings (SSSR count). The Kier molecular flexibility index (Phi) is 7.31. The predicted molar refractivity (Wildman–Crippen MR) is 109 cm³/mol. The van der Waals surface area contributed by atoms with Crippen LogP contribution in [0.4, 0.5) is 0 Å². The molecule has 0 aliphatic carbocycles. The van der Waals surface area contributed by atoms with Crippen LogP contribution in [-0.4, -0.2) is 55.1 Å². The lowest BCUT2D eigenvalue weighted by molar-refractivity contribution is -0.0593. The molecule has 0 amide bonds. The maximum absolute atomic E-state index is 11.6. The first kappa shape index (κ1) is 22.9. The Morgan fingerprint density at radius 1 is 1.18 bits per heavy atom. The van der Waals surface area contributed by atoms with Crippen molar-refractivity contribution in [3.05, 3.63) is 23.8 Å². The molecule has 1 aromatic carbocycles. The second-order valence-corrected chi connectivity index (χ2v) is 8.66. The van der Waals surface area contributed by atoms with Crippen LogP contribution in [0.2, 0.25) is 0 Å². The third kappa shape index (κ3) is 5.35. The summed E-state index contributed by atoms with van der Waals surface area (Å²) in [6, 6.07) is 5.19. The van der Waals surface area contributed by atoms with Gasteiger partial charge >= 0.3 is 7.12 Å². The van der Waals surface area contributed by atoms with Crippen molar-refractivity contribution >= 4 is 18.9 Å². The zero-order valence-corrected chi connectivity index (χ0v) is 17.9. The molecule has 1 atom stereocenters. The Morgan fingerprint density at radius 2 is 1.82 bits per heavy atom. The number of hydrogen-bond donors (Lipinski definition) is 1. The third-order valence-corrected chi connectivity index (χ3v) is 5.31. The number of ether oxygens (including phenoxy) is 2. The first-order chi connectivity index (χ1) is 13.0. The van der Waals surface area contributed by atoms with Crippen molar-refractivity contribution in [1.29, 1.82) is 0 Å². The SMILES string of the molecule is CCCCOCC(C)(O)COc1cccc(C=O)c1B1OC(C)(C)C(C)(C)O1. The van der Waals surface area contributed by atoms with Gasteiger partial charge in [0.05, 0.1) is 17.8 Å². The van der Waals surface area contributed by atoms with Crippen LogP contribution in [0.25, 0.3) is 0 Å². The molecule has 0 saturated carbocycles. The Morgan fingerprint density at radius 3 is 2.39 bits per heavy atom. The quantitative estimate of drug-likeness (QED) is 0.375. The highest BCUT2D eigenvalue weighted by atomic mass is 16.7. The van der Waals surface area contributed by atoms with Crippen LogP contribution in [0.1, 0.15) is 64.7 Å². The largest absolute Gasteiger partial charge is 0.499 e. The molecule has 0 aromatic heterocycles. The Bertz CT molecular complexity index is 655. The molecule has 1 fully saturated rings. The van der Waals surface area contributed by atoms with E-state index in [2.05, 4.69) is 6.92 Å². The highest BCUT2D eigenvalue weighted by molar-refractivity contribution is 6.64. The van der Waals surface area contributed by atoms with Crippen molar-refractivity contribution in [3.8, 4) is 5.75 Å². The normalized spacial score (nSPS) is 20.0. The molecule has 0 bridgehead atoms. The first-order valence-electron chi connectivity index (χ1n) is 9.89. The van der Waals surface area contributed by atoms with Gasteiger partial charge < -0.3 is 23.9 Å². The average molecular weight is 392 g/mol. The summed E-state index contributed by atoms with van der Waals surface area (Å²) in [5, 5.41) is 10.5. The van der Waals surface area contributed by atoms with E-state index in [9.17, 15) is 9.90 Å². The van der Waals surface area contributed by atoms with E-state index in [4.69, 9.17) is 18.8 Å². The van der Waals surface area contributed by atoms with E-state index >= 15 is 0 Å². The summed E-state index contributed by atoms with van der Waals surface area (Å²) < 4.78 is 23.6. The number of benzene rings is 1. The molecule has 1 aliphatic heterocycles. The van der Waals surface area contributed by atoms with Crippen molar-refractivity contribution < 1.29 is 28.7 Å². The lowest BCUT2D eigenvalue weighted by Crippen LogP contribution is -2.41. The van der Waals surface area contributed by atoms with Crippen LogP contribution < -0.4 is 10.2 Å². The average Bonchev–Trinajstić information content (AvgIpc) is 2.84. The third-order valence-electron chi connectivity index (χ3n) is 5.31. The number of unbranched alkanes of at least 4 members (excludes halogenated alkanes) is 1. The minimum atomic E-state index is -1.15. The number of aliphatic hydroxyl groups is 1. The van der Waals surface area contributed by atoms with Crippen LogP contribution in [0, 0.1) is 0 Å². The highest BCUT2D eigenvalue weighted by Gasteiger charge is 2.53. The number of carbonyl (C=O) groups is 1. The summed E-state index contributed by atoms with van der Waals surface area (Å²) in [4.78, 5) is 11.6. The van der Waals surface area contributed by atoms with Gasteiger partial charge in [-0.1, -0.05) is 25.5 Å². The van der Waals surface area contributed by atoms with E-state index in [1.165, 1.54) is 0 Å². The molecule has 1 N–H and O–H groups in total. The molecule has 6 nitrogen and oxygen atoms in total. The fraction of sp³-hybridized carbons (Fsp3) is 0.667. The molecule has 156 valence electrons. The molecule has 1 heterocycles. The summed E-state index contributed by atoms with van der Waals surface area (Å²) >= 11 is 0. The van der Waals surface area contributed by atoms with E-state index in [1.54, 1.807) is 25.1 Å². The summed E-state index contributed by atoms with van der Waals surface area (Å²) in [5.74, 6) is 0.455. The van der Waals surface area contributed by atoms with Gasteiger partial charge in [-0.3, -0.25) is 4.79 Å². The van der Waals surface area contributed by atoms with Gasteiger partial charge in [0.2, 0.25) is 0 Å². The van der Waals surface area contributed by atoms with Crippen molar-refractivity contribution in [2.24, 2.45) is 0 Å². The molecule has 0 spiro atoms. The van der Waals surface area contributed by atoms with Crippen LogP contribution in [0.5, 0.6) is 5.75 Å². The van der Waals surface area contributed by atoms with Gasteiger partial charge in [0, 0.05) is 17.6 Å². The molecule has 1 unspecified atom stereocenters. The van der Waals surface area contributed by atoms with E-state index in [0.29, 0.717) is 23.4 Å². The summed E-state index contributed by atoms with van der Waals surface area (Å²) in [7, 11) is -0.729. The molecular formula is C21H33BO6. The minimum absolute atomic E-state index is 0.0218. The number of rotatable bonds is 10. The van der Waals surface area contributed by atoms with Crippen LogP contribution in [-0.2, 0) is 14.0 Å². The van der Waals surface area contributed by atoms with Crippen LogP contribution >= 0.6 is 0 Å². The maximum Gasteiger partial charge on any atom is 0.499 e. The zero-order valence-electron chi connectivity index (χ0n) is 17.9.